The summed E-state index contributed by atoms with van der Waals surface area (Å²) in [5.74, 6) is 1.43. The number of benzene rings is 1. The highest BCUT2D eigenvalue weighted by Gasteiger charge is 2.04. The summed E-state index contributed by atoms with van der Waals surface area (Å²) < 4.78 is 7.37. The molecule has 0 radical (unpaired) electrons. The van der Waals surface area contributed by atoms with E-state index in [4.69, 9.17) is 22.7 Å². The first-order valence-corrected chi connectivity index (χ1v) is 5.55. The first-order chi connectivity index (χ1) is 8.06. The standard InChI is InChI=1S/C12H13N3OS/c1-8-7-11(15(2)14-8)16-10-5-3-9(4-6-10)12(13)17/h3-7H,1-2H3,(H2,13,17). The van der Waals surface area contributed by atoms with Crippen LogP contribution in [0.15, 0.2) is 30.3 Å². The minimum Gasteiger partial charge on any atom is -0.439 e. The molecule has 0 bridgehead atoms. The van der Waals surface area contributed by atoms with Gasteiger partial charge in [-0.2, -0.15) is 5.10 Å². The number of thiocarbonyl (C=S) groups is 1. The Morgan fingerprint density at radius 2 is 2.00 bits per heavy atom. The molecule has 0 atom stereocenters. The fourth-order valence-corrected chi connectivity index (χ4v) is 1.63. The van der Waals surface area contributed by atoms with Gasteiger partial charge in [-0.15, -0.1) is 0 Å². The molecular weight excluding hydrogens is 234 g/mol. The average molecular weight is 247 g/mol. The fourth-order valence-electron chi connectivity index (χ4n) is 1.49. The molecule has 0 saturated heterocycles. The number of aryl methyl sites for hydroxylation is 2. The van der Waals surface area contributed by atoms with Crippen LogP contribution in [0, 0.1) is 6.92 Å². The van der Waals surface area contributed by atoms with Gasteiger partial charge in [0.25, 0.3) is 0 Å². The van der Waals surface area contributed by atoms with Crippen LogP contribution in [0.4, 0.5) is 0 Å². The minimum atomic E-state index is 0.382. The highest BCUT2D eigenvalue weighted by Crippen LogP contribution is 2.21. The van der Waals surface area contributed by atoms with Crippen molar-refractivity contribution < 1.29 is 4.74 Å². The van der Waals surface area contributed by atoms with Crippen molar-refractivity contribution in [2.75, 3.05) is 0 Å². The van der Waals surface area contributed by atoms with Crippen LogP contribution in [-0.4, -0.2) is 14.8 Å². The summed E-state index contributed by atoms with van der Waals surface area (Å²) in [5.41, 5.74) is 7.27. The van der Waals surface area contributed by atoms with Crippen LogP contribution in [0.5, 0.6) is 11.6 Å². The predicted octanol–water partition coefficient (Wildman–Crippen LogP) is 2.16. The van der Waals surface area contributed by atoms with Gasteiger partial charge < -0.3 is 10.5 Å². The molecule has 0 aliphatic rings. The summed E-state index contributed by atoms with van der Waals surface area (Å²) >= 11 is 4.88. The molecule has 1 heterocycles. The topological polar surface area (TPSA) is 53.1 Å². The van der Waals surface area contributed by atoms with Gasteiger partial charge in [-0.05, 0) is 31.2 Å². The Bertz CT molecular complexity index is 545. The Labute approximate surface area is 105 Å². The van der Waals surface area contributed by atoms with E-state index in [1.54, 1.807) is 4.68 Å². The van der Waals surface area contributed by atoms with Gasteiger partial charge >= 0.3 is 0 Å². The molecule has 2 rings (SSSR count). The van der Waals surface area contributed by atoms with Crippen molar-refractivity contribution in [2.24, 2.45) is 12.8 Å². The van der Waals surface area contributed by atoms with E-state index >= 15 is 0 Å². The molecular formula is C12H13N3OS. The van der Waals surface area contributed by atoms with Gasteiger partial charge in [-0.1, -0.05) is 12.2 Å². The van der Waals surface area contributed by atoms with Gasteiger partial charge in [0.2, 0.25) is 5.88 Å². The zero-order valence-electron chi connectivity index (χ0n) is 9.68. The van der Waals surface area contributed by atoms with Gasteiger partial charge in [0.1, 0.15) is 10.7 Å². The van der Waals surface area contributed by atoms with Crippen LogP contribution in [-0.2, 0) is 7.05 Å². The second-order valence-corrected chi connectivity index (χ2v) is 4.18. The molecule has 17 heavy (non-hydrogen) atoms. The number of nitrogens with two attached hydrogens (primary N) is 1. The summed E-state index contributed by atoms with van der Waals surface area (Å²) in [5, 5.41) is 4.20. The number of hydrogen-bond acceptors (Lipinski definition) is 3. The van der Waals surface area contributed by atoms with Gasteiger partial charge in [0, 0.05) is 18.7 Å². The Morgan fingerprint density at radius 1 is 1.35 bits per heavy atom. The number of ether oxygens (including phenoxy) is 1. The average Bonchev–Trinajstić information content (AvgIpc) is 2.58. The Kier molecular flexibility index (Phi) is 3.10. The molecule has 5 heteroatoms. The van der Waals surface area contributed by atoms with E-state index in [0.717, 1.165) is 17.0 Å². The first-order valence-electron chi connectivity index (χ1n) is 5.14. The molecule has 1 aromatic heterocycles. The maximum atomic E-state index is 5.68. The molecule has 2 N–H and O–H groups in total. The fraction of sp³-hybridized carbons (Fsp3) is 0.167. The van der Waals surface area contributed by atoms with Crippen LogP contribution < -0.4 is 10.5 Å². The van der Waals surface area contributed by atoms with Crippen molar-refractivity contribution >= 4 is 17.2 Å². The monoisotopic (exact) mass is 247 g/mol. The lowest BCUT2D eigenvalue weighted by molar-refractivity contribution is 0.430. The van der Waals surface area contributed by atoms with Crippen LogP contribution >= 0.6 is 12.2 Å². The molecule has 0 spiro atoms. The third-order valence-corrected chi connectivity index (χ3v) is 2.56. The van der Waals surface area contributed by atoms with Crippen LogP contribution in [0.3, 0.4) is 0 Å². The van der Waals surface area contributed by atoms with E-state index < -0.39 is 0 Å². The summed E-state index contributed by atoms with van der Waals surface area (Å²) in [6.45, 7) is 1.92. The van der Waals surface area contributed by atoms with E-state index in [-0.39, 0.29) is 0 Å². The lowest BCUT2D eigenvalue weighted by Crippen LogP contribution is -2.08. The van der Waals surface area contributed by atoms with Gasteiger partial charge in [-0.25, -0.2) is 4.68 Å². The molecule has 0 aliphatic heterocycles. The SMILES string of the molecule is Cc1cc(Oc2ccc(C(N)=S)cc2)n(C)n1. The molecule has 2 aromatic rings. The molecule has 0 amide bonds. The first kappa shape index (κ1) is 11.6. The number of rotatable bonds is 3. The minimum absolute atomic E-state index is 0.382. The number of hydrogen-bond donors (Lipinski definition) is 1. The predicted molar refractivity (Wildman–Crippen MR) is 70.3 cm³/mol. The summed E-state index contributed by atoms with van der Waals surface area (Å²) in [6, 6.07) is 9.21. The molecule has 0 saturated carbocycles. The third-order valence-electron chi connectivity index (χ3n) is 2.32. The van der Waals surface area contributed by atoms with Crippen molar-refractivity contribution in [1.82, 2.24) is 9.78 Å². The van der Waals surface area contributed by atoms with Crippen LogP contribution in [0.2, 0.25) is 0 Å². The van der Waals surface area contributed by atoms with Crippen LogP contribution in [0.1, 0.15) is 11.3 Å². The quantitative estimate of drug-likeness (QED) is 0.844. The van der Waals surface area contributed by atoms with Crippen molar-refractivity contribution in [3.63, 3.8) is 0 Å². The molecule has 0 aliphatic carbocycles. The molecule has 0 fully saturated rings. The van der Waals surface area contributed by atoms with Crippen molar-refractivity contribution in [1.29, 1.82) is 0 Å². The van der Waals surface area contributed by atoms with Gasteiger partial charge in [0.15, 0.2) is 0 Å². The Hall–Kier alpha value is -1.88. The zero-order valence-corrected chi connectivity index (χ0v) is 10.5. The molecule has 0 unspecified atom stereocenters. The third kappa shape index (κ3) is 2.62. The highest BCUT2D eigenvalue weighted by atomic mass is 32.1. The Balaban J connectivity index is 2.19. The van der Waals surface area contributed by atoms with Crippen LogP contribution in [0.25, 0.3) is 0 Å². The molecule has 4 nitrogen and oxygen atoms in total. The maximum Gasteiger partial charge on any atom is 0.217 e. The van der Waals surface area contributed by atoms with E-state index in [9.17, 15) is 0 Å². The molecule has 88 valence electrons. The lowest BCUT2D eigenvalue weighted by atomic mass is 10.2. The van der Waals surface area contributed by atoms with Gasteiger partial charge in [0.05, 0.1) is 5.69 Å². The van der Waals surface area contributed by atoms with Gasteiger partial charge in [-0.3, -0.25) is 0 Å². The van der Waals surface area contributed by atoms with E-state index in [0.29, 0.717) is 10.9 Å². The molecule has 1 aromatic carbocycles. The summed E-state index contributed by atoms with van der Waals surface area (Å²) in [6.07, 6.45) is 0. The normalized spacial score (nSPS) is 10.2. The maximum absolute atomic E-state index is 5.68. The number of aromatic nitrogens is 2. The lowest BCUT2D eigenvalue weighted by Gasteiger charge is -2.05. The smallest absolute Gasteiger partial charge is 0.217 e. The zero-order chi connectivity index (χ0) is 12.4. The van der Waals surface area contributed by atoms with Crippen molar-refractivity contribution in [3.8, 4) is 11.6 Å². The van der Waals surface area contributed by atoms with E-state index in [2.05, 4.69) is 5.10 Å². The second kappa shape index (κ2) is 4.55. The van der Waals surface area contributed by atoms with Crippen molar-refractivity contribution in [3.05, 3.63) is 41.6 Å². The Morgan fingerprint density at radius 3 is 2.47 bits per heavy atom. The summed E-state index contributed by atoms with van der Waals surface area (Å²) in [7, 11) is 1.84. The largest absolute Gasteiger partial charge is 0.439 e. The highest BCUT2D eigenvalue weighted by molar-refractivity contribution is 7.80. The van der Waals surface area contributed by atoms with Crippen molar-refractivity contribution in [2.45, 2.75) is 6.92 Å². The second-order valence-electron chi connectivity index (χ2n) is 3.74. The van der Waals surface area contributed by atoms with E-state index in [1.807, 2.05) is 44.3 Å². The van der Waals surface area contributed by atoms with E-state index in [1.165, 1.54) is 0 Å². The summed E-state index contributed by atoms with van der Waals surface area (Å²) in [4.78, 5) is 0.382. The number of nitrogens with zero attached hydrogens (tertiary/aromatic N) is 2.